The molecule has 1 aromatic heterocycles. The number of para-hydroxylation sites is 1. The molecule has 1 aliphatic rings. The molecule has 0 radical (unpaired) electrons. The molecule has 10 heteroatoms. The number of anilines is 1. The highest BCUT2D eigenvalue weighted by atomic mass is 35.5. The van der Waals surface area contributed by atoms with Gasteiger partial charge in [-0.3, -0.25) is 9.69 Å². The molecule has 198 valence electrons. The minimum absolute atomic E-state index is 0.180. The minimum Gasteiger partial charge on any atom is -0.309 e. The van der Waals surface area contributed by atoms with Crippen LogP contribution in [0.1, 0.15) is 27.9 Å². The molecule has 38 heavy (non-hydrogen) atoms. The lowest BCUT2D eigenvalue weighted by molar-refractivity contribution is 0.0986. The molecule has 5 rings (SSSR count). The standard InChI is InChI=1S/C28H29ClN4O3S2/c1-31(2)16-6-17-33(28-30-26-24(29)9-5-10-25(26)37-28)27(34)21-11-13-23(14-12-21)38(35,36)32-18-15-20-7-3-4-8-22(20)19-32/h3-5,7-14H,6,15-19H2,1-2H3. The number of amides is 1. The number of hydrogen-bond donors (Lipinski definition) is 0. The van der Waals surface area contributed by atoms with Gasteiger partial charge in [0.15, 0.2) is 5.13 Å². The Kier molecular flexibility index (Phi) is 7.83. The lowest BCUT2D eigenvalue weighted by atomic mass is 10.0. The van der Waals surface area contributed by atoms with Crippen LogP contribution in [-0.2, 0) is 23.0 Å². The van der Waals surface area contributed by atoms with Gasteiger partial charge in [-0.1, -0.05) is 53.3 Å². The predicted molar refractivity (Wildman–Crippen MR) is 154 cm³/mol. The first kappa shape index (κ1) is 26.8. The van der Waals surface area contributed by atoms with Gasteiger partial charge in [0.2, 0.25) is 10.0 Å². The first-order valence-electron chi connectivity index (χ1n) is 12.4. The molecular formula is C28H29ClN4O3S2. The monoisotopic (exact) mass is 568 g/mol. The van der Waals surface area contributed by atoms with E-state index < -0.39 is 10.0 Å². The first-order chi connectivity index (χ1) is 18.2. The molecule has 0 saturated heterocycles. The van der Waals surface area contributed by atoms with Crippen molar-refractivity contribution in [3.05, 3.63) is 88.4 Å². The van der Waals surface area contributed by atoms with E-state index in [0.29, 0.717) is 47.3 Å². The Morgan fingerprint density at radius 2 is 1.74 bits per heavy atom. The summed E-state index contributed by atoms with van der Waals surface area (Å²) >= 11 is 7.76. The number of thiazole rings is 1. The van der Waals surface area contributed by atoms with E-state index in [9.17, 15) is 13.2 Å². The average molecular weight is 569 g/mol. The molecule has 7 nitrogen and oxygen atoms in total. The Bertz CT molecular complexity index is 1570. The van der Waals surface area contributed by atoms with Crippen molar-refractivity contribution in [3.8, 4) is 0 Å². The predicted octanol–water partition coefficient (Wildman–Crippen LogP) is 5.30. The number of aromatic nitrogens is 1. The van der Waals surface area contributed by atoms with E-state index >= 15 is 0 Å². The average Bonchev–Trinajstić information content (AvgIpc) is 3.36. The molecule has 0 atom stereocenters. The van der Waals surface area contributed by atoms with E-state index in [4.69, 9.17) is 11.6 Å². The van der Waals surface area contributed by atoms with E-state index in [1.807, 2.05) is 50.5 Å². The summed E-state index contributed by atoms with van der Waals surface area (Å²) in [6, 6.07) is 19.7. The van der Waals surface area contributed by atoms with Crippen LogP contribution in [-0.4, -0.2) is 62.2 Å². The number of rotatable bonds is 8. The van der Waals surface area contributed by atoms with Gasteiger partial charge in [-0.15, -0.1) is 0 Å². The lowest BCUT2D eigenvalue weighted by Crippen LogP contribution is -2.36. The van der Waals surface area contributed by atoms with Crippen molar-refractivity contribution < 1.29 is 13.2 Å². The van der Waals surface area contributed by atoms with Gasteiger partial charge in [0.05, 0.1) is 14.6 Å². The van der Waals surface area contributed by atoms with E-state index in [-0.39, 0.29) is 10.8 Å². The zero-order valence-electron chi connectivity index (χ0n) is 21.3. The molecule has 4 aromatic rings. The highest BCUT2D eigenvalue weighted by Gasteiger charge is 2.29. The number of hydrogen-bond acceptors (Lipinski definition) is 6. The SMILES string of the molecule is CN(C)CCCN(C(=O)c1ccc(S(=O)(=O)N2CCc3ccccc3C2)cc1)c1nc2c(Cl)cccc2s1. The number of fused-ring (bicyclic) bond motifs is 2. The third kappa shape index (κ3) is 5.48. The van der Waals surface area contributed by atoms with Gasteiger partial charge in [0.1, 0.15) is 5.52 Å². The summed E-state index contributed by atoms with van der Waals surface area (Å²) < 4.78 is 29.2. The van der Waals surface area contributed by atoms with Crippen LogP contribution in [0.5, 0.6) is 0 Å². The highest BCUT2D eigenvalue weighted by molar-refractivity contribution is 7.89. The van der Waals surface area contributed by atoms with Crippen LogP contribution >= 0.6 is 22.9 Å². The maximum atomic E-state index is 13.7. The van der Waals surface area contributed by atoms with Gasteiger partial charge < -0.3 is 4.90 Å². The molecule has 2 heterocycles. The second kappa shape index (κ2) is 11.1. The quantitative estimate of drug-likeness (QED) is 0.288. The van der Waals surface area contributed by atoms with Crippen LogP contribution in [0.2, 0.25) is 5.02 Å². The van der Waals surface area contributed by atoms with Crippen molar-refractivity contribution >= 4 is 54.2 Å². The van der Waals surface area contributed by atoms with E-state index in [2.05, 4.69) is 9.88 Å². The molecule has 0 aliphatic carbocycles. The first-order valence-corrected chi connectivity index (χ1v) is 15.1. The molecular weight excluding hydrogens is 540 g/mol. The van der Waals surface area contributed by atoms with Gasteiger partial charge in [-0.2, -0.15) is 4.31 Å². The van der Waals surface area contributed by atoms with Gasteiger partial charge in [0, 0.05) is 25.2 Å². The second-order valence-electron chi connectivity index (χ2n) is 9.58. The summed E-state index contributed by atoms with van der Waals surface area (Å²) in [6.45, 7) is 2.06. The summed E-state index contributed by atoms with van der Waals surface area (Å²) in [6.07, 6.45) is 1.44. The molecule has 0 saturated carbocycles. The molecule has 1 amide bonds. The van der Waals surface area contributed by atoms with Crippen LogP contribution in [0.25, 0.3) is 10.2 Å². The van der Waals surface area contributed by atoms with E-state index in [1.54, 1.807) is 23.1 Å². The second-order valence-corrected chi connectivity index (χ2v) is 12.9. The molecule has 0 bridgehead atoms. The van der Waals surface area contributed by atoms with Crippen molar-refractivity contribution in [2.75, 3.05) is 38.6 Å². The van der Waals surface area contributed by atoms with Crippen LogP contribution in [0.15, 0.2) is 71.6 Å². The van der Waals surface area contributed by atoms with Crippen LogP contribution in [0.3, 0.4) is 0 Å². The Hall–Kier alpha value is -2.82. The van der Waals surface area contributed by atoms with E-state index in [0.717, 1.165) is 23.2 Å². The third-order valence-corrected chi connectivity index (χ3v) is 9.86. The zero-order chi connectivity index (χ0) is 26.9. The van der Waals surface area contributed by atoms with E-state index in [1.165, 1.54) is 33.3 Å². The van der Waals surface area contributed by atoms with Crippen molar-refractivity contribution in [1.29, 1.82) is 0 Å². The van der Waals surface area contributed by atoms with Crippen molar-refractivity contribution in [2.45, 2.75) is 24.3 Å². The summed E-state index contributed by atoms with van der Waals surface area (Å²) in [5.41, 5.74) is 3.29. The molecule has 0 N–H and O–H groups in total. The van der Waals surface area contributed by atoms with Gasteiger partial charge in [-0.25, -0.2) is 13.4 Å². The molecule has 3 aromatic carbocycles. The summed E-state index contributed by atoms with van der Waals surface area (Å²) in [7, 11) is 0.292. The van der Waals surface area contributed by atoms with Crippen molar-refractivity contribution in [2.24, 2.45) is 0 Å². The number of benzene rings is 3. The normalized spacial score (nSPS) is 14.1. The summed E-state index contributed by atoms with van der Waals surface area (Å²) in [4.78, 5) is 22.2. The highest BCUT2D eigenvalue weighted by Crippen LogP contribution is 2.34. The number of carbonyl (C=O) groups is 1. The Morgan fingerprint density at radius 1 is 1.00 bits per heavy atom. The minimum atomic E-state index is -3.69. The molecule has 0 spiro atoms. The molecule has 0 fully saturated rings. The summed E-state index contributed by atoms with van der Waals surface area (Å²) in [5, 5.41) is 1.11. The molecule has 1 aliphatic heterocycles. The van der Waals surface area contributed by atoms with Crippen molar-refractivity contribution in [3.63, 3.8) is 0 Å². The fourth-order valence-electron chi connectivity index (χ4n) is 4.60. The van der Waals surface area contributed by atoms with Gasteiger partial charge in [-0.05, 0) is 81.0 Å². The Morgan fingerprint density at radius 3 is 2.45 bits per heavy atom. The van der Waals surface area contributed by atoms with Crippen LogP contribution in [0.4, 0.5) is 5.13 Å². The third-order valence-electron chi connectivity index (χ3n) is 6.66. The zero-order valence-corrected chi connectivity index (χ0v) is 23.7. The smallest absolute Gasteiger partial charge is 0.260 e. The Balaban J connectivity index is 1.39. The lowest BCUT2D eigenvalue weighted by Gasteiger charge is -2.28. The maximum Gasteiger partial charge on any atom is 0.260 e. The molecule has 0 unspecified atom stereocenters. The largest absolute Gasteiger partial charge is 0.309 e. The van der Waals surface area contributed by atoms with Crippen LogP contribution < -0.4 is 4.90 Å². The van der Waals surface area contributed by atoms with Gasteiger partial charge in [0.25, 0.3) is 5.91 Å². The summed E-state index contributed by atoms with van der Waals surface area (Å²) in [5.74, 6) is -0.227. The number of nitrogens with zero attached hydrogens (tertiary/aromatic N) is 4. The fourth-order valence-corrected chi connectivity index (χ4v) is 7.31. The number of sulfonamides is 1. The Labute approximate surface area is 232 Å². The van der Waals surface area contributed by atoms with Crippen molar-refractivity contribution in [1.82, 2.24) is 14.2 Å². The van der Waals surface area contributed by atoms with Crippen LogP contribution in [0, 0.1) is 0 Å². The topological polar surface area (TPSA) is 73.8 Å². The number of carbonyl (C=O) groups excluding carboxylic acids is 1. The number of halogens is 1. The maximum absolute atomic E-state index is 13.7. The van der Waals surface area contributed by atoms with Gasteiger partial charge >= 0.3 is 0 Å². The fraction of sp³-hybridized carbons (Fsp3) is 0.286.